The predicted octanol–water partition coefficient (Wildman–Crippen LogP) is 2.15. The fourth-order valence-electron chi connectivity index (χ4n) is 2.36. The third-order valence-corrected chi connectivity index (χ3v) is 3.56. The zero-order valence-corrected chi connectivity index (χ0v) is 8.96. The average molecular weight is 199 g/mol. The lowest BCUT2D eigenvalue weighted by molar-refractivity contribution is -0.137. The Hall–Kier alpha value is -0.570. The summed E-state index contributed by atoms with van der Waals surface area (Å²) in [5, 5.41) is 8.59. The minimum atomic E-state index is -0.736. The van der Waals surface area contributed by atoms with Gasteiger partial charge in [0.15, 0.2) is 0 Å². The van der Waals surface area contributed by atoms with Crippen molar-refractivity contribution in [2.75, 3.05) is 0 Å². The Morgan fingerprint density at radius 3 is 2.50 bits per heavy atom. The van der Waals surface area contributed by atoms with E-state index in [1.54, 1.807) is 0 Å². The van der Waals surface area contributed by atoms with Crippen molar-refractivity contribution < 1.29 is 9.90 Å². The second kappa shape index (κ2) is 4.78. The molecule has 1 saturated carbocycles. The molecule has 0 bridgehead atoms. The molecule has 1 aliphatic rings. The van der Waals surface area contributed by atoms with E-state index in [1.807, 2.05) is 0 Å². The molecule has 0 heterocycles. The summed E-state index contributed by atoms with van der Waals surface area (Å²) in [6.45, 7) is 2.21. The van der Waals surface area contributed by atoms with Crippen LogP contribution in [0.25, 0.3) is 0 Å². The average Bonchev–Trinajstić information content (AvgIpc) is 2.15. The minimum absolute atomic E-state index is 0.0545. The summed E-state index contributed by atoms with van der Waals surface area (Å²) >= 11 is 0. The van der Waals surface area contributed by atoms with Gasteiger partial charge < -0.3 is 10.8 Å². The quantitative estimate of drug-likeness (QED) is 0.729. The van der Waals surface area contributed by atoms with E-state index in [4.69, 9.17) is 10.8 Å². The van der Waals surface area contributed by atoms with Gasteiger partial charge in [0.25, 0.3) is 0 Å². The largest absolute Gasteiger partial charge is 0.481 e. The first-order chi connectivity index (χ1) is 6.54. The van der Waals surface area contributed by atoms with Gasteiger partial charge >= 0.3 is 5.97 Å². The third kappa shape index (κ3) is 2.98. The number of hydrogen-bond acceptors (Lipinski definition) is 2. The normalized spacial score (nSPS) is 23.0. The second-order valence-corrected chi connectivity index (χ2v) is 4.75. The summed E-state index contributed by atoms with van der Waals surface area (Å²) < 4.78 is 0. The van der Waals surface area contributed by atoms with Crippen molar-refractivity contribution >= 4 is 5.97 Å². The van der Waals surface area contributed by atoms with E-state index in [1.165, 1.54) is 19.3 Å². The second-order valence-electron chi connectivity index (χ2n) is 4.75. The Balaban J connectivity index is 2.40. The molecule has 82 valence electrons. The van der Waals surface area contributed by atoms with E-state index < -0.39 is 5.97 Å². The van der Waals surface area contributed by atoms with Crippen LogP contribution >= 0.6 is 0 Å². The van der Waals surface area contributed by atoms with E-state index in [9.17, 15) is 4.79 Å². The smallest absolute Gasteiger partial charge is 0.303 e. The van der Waals surface area contributed by atoms with Crippen LogP contribution in [0.4, 0.5) is 0 Å². The fraction of sp³-hybridized carbons (Fsp3) is 0.909. The molecule has 0 aromatic heterocycles. The molecule has 0 aromatic rings. The maximum Gasteiger partial charge on any atom is 0.303 e. The molecule has 0 aromatic carbocycles. The number of carboxylic acids is 1. The van der Waals surface area contributed by atoms with Gasteiger partial charge in [-0.2, -0.15) is 0 Å². The molecule has 0 amide bonds. The lowest BCUT2D eigenvalue weighted by Crippen LogP contribution is -2.41. The van der Waals surface area contributed by atoms with Gasteiger partial charge in [-0.15, -0.1) is 0 Å². The molecule has 14 heavy (non-hydrogen) atoms. The Labute approximate surface area is 85.7 Å². The Morgan fingerprint density at radius 1 is 1.43 bits per heavy atom. The van der Waals surface area contributed by atoms with Crippen LogP contribution in [-0.2, 0) is 4.79 Å². The van der Waals surface area contributed by atoms with Crippen LogP contribution in [0.2, 0.25) is 0 Å². The molecule has 1 atom stereocenters. The highest BCUT2D eigenvalue weighted by Gasteiger charge is 2.32. The Kier molecular flexibility index (Phi) is 3.93. The number of nitrogens with two attached hydrogens (primary N) is 1. The molecular formula is C11H21NO2. The summed E-state index contributed by atoms with van der Waals surface area (Å²) in [4.78, 5) is 10.4. The molecule has 3 heteroatoms. The zero-order chi connectivity index (χ0) is 10.6. The maximum absolute atomic E-state index is 10.4. The number of carbonyl (C=O) groups is 1. The Morgan fingerprint density at radius 2 is 2.00 bits per heavy atom. The highest BCUT2D eigenvalue weighted by molar-refractivity contribution is 5.66. The SMILES string of the molecule is CC1(C(N)CCC(=O)O)CCCCC1. The molecule has 1 fully saturated rings. The van der Waals surface area contributed by atoms with E-state index in [-0.39, 0.29) is 17.9 Å². The molecule has 3 N–H and O–H groups in total. The number of rotatable bonds is 4. The lowest BCUT2D eigenvalue weighted by Gasteiger charge is -2.38. The van der Waals surface area contributed by atoms with Crippen molar-refractivity contribution in [2.45, 2.75) is 57.9 Å². The first-order valence-corrected chi connectivity index (χ1v) is 5.52. The van der Waals surface area contributed by atoms with Crippen molar-refractivity contribution in [3.8, 4) is 0 Å². The zero-order valence-electron chi connectivity index (χ0n) is 8.96. The first kappa shape index (κ1) is 11.5. The van der Waals surface area contributed by atoms with Crippen LogP contribution in [0.1, 0.15) is 51.9 Å². The van der Waals surface area contributed by atoms with Gasteiger partial charge in [-0.3, -0.25) is 4.79 Å². The van der Waals surface area contributed by atoms with E-state index in [0.29, 0.717) is 6.42 Å². The van der Waals surface area contributed by atoms with Crippen molar-refractivity contribution in [3.05, 3.63) is 0 Å². The van der Waals surface area contributed by atoms with Gasteiger partial charge in [-0.25, -0.2) is 0 Å². The number of aliphatic carboxylic acids is 1. The molecule has 0 aliphatic heterocycles. The van der Waals surface area contributed by atoms with Gasteiger partial charge in [-0.1, -0.05) is 26.2 Å². The fourth-order valence-corrected chi connectivity index (χ4v) is 2.36. The maximum atomic E-state index is 10.4. The van der Waals surface area contributed by atoms with Crippen LogP contribution in [-0.4, -0.2) is 17.1 Å². The van der Waals surface area contributed by atoms with Gasteiger partial charge in [0, 0.05) is 12.5 Å². The molecule has 1 unspecified atom stereocenters. The highest BCUT2D eigenvalue weighted by Crippen LogP contribution is 2.39. The van der Waals surface area contributed by atoms with Gasteiger partial charge in [0.05, 0.1) is 0 Å². The van der Waals surface area contributed by atoms with Crippen LogP contribution in [0.5, 0.6) is 0 Å². The summed E-state index contributed by atoms with van der Waals surface area (Å²) in [5.41, 5.74) is 6.26. The molecular weight excluding hydrogens is 178 g/mol. The van der Waals surface area contributed by atoms with E-state index in [0.717, 1.165) is 12.8 Å². The van der Waals surface area contributed by atoms with Crippen LogP contribution < -0.4 is 5.73 Å². The van der Waals surface area contributed by atoms with Crippen molar-refractivity contribution in [1.29, 1.82) is 0 Å². The Bertz CT molecular complexity index is 197. The van der Waals surface area contributed by atoms with Gasteiger partial charge in [0.2, 0.25) is 0 Å². The van der Waals surface area contributed by atoms with Crippen LogP contribution in [0, 0.1) is 5.41 Å². The minimum Gasteiger partial charge on any atom is -0.481 e. The molecule has 1 rings (SSSR count). The molecule has 3 nitrogen and oxygen atoms in total. The van der Waals surface area contributed by atoms with Gasteiger partial charge in [-0.05, 0) is 24.7 Å². The monoisotopic (exact) mass is 199 g/mol. The van der Waals surface area contributed by atoms with E-state index in [2.05, 4.69) is 6.92 Å². The third-order valence-electron chi connectivity index (χ3n) is 3.56. The molecule has 1 aliphatic carbocycles. The number of hydrogen-bond donors (Lipinski definition) is 2. The topological polar surface area (TPSA) is 63.3 Å². The molecule has 0 spiro atoms. The summed E-state index contributed by atoms with van der Waals surface area (Å²) in [7, 11) is 0. The van der Waals surface area contributed by atoms with Crippen molar-refractivity contribution in [3.63, 3.8) is 0 Å². The highest BCUT2D eigenvalue weighted by atomic mass is 16.4. The van der Waals surface area contributed by atoms with E-state index >= 15 is 0 Å². The van der Waals surface area contributed by atoms with Crippen LogP contribution in [0.15, 0.2) is 0 Å². The first-order valence-electron chi connectivity index (χ1n) is 5.52. The molecule has 0 radical (unpaired) electrons. The summed E-state index contributed by atoms with van der Waals surface area (Å²) in [6.07, 6.45) is 6.94. The lowest BCUT2D eigenvalue weighted by atomic mass is 9.70. The van der Waals surface area contributed by atoms with Crippen molar-refractivity contribution in [1.82, 2.24) is 0 Å². The van der Waals surface area contributed by atoms with Gasteiger partial charge in [0.1, 0.15) is 0 Å². The summed E-state index contributed by atoms with van der Waals surface area (Å²) in [6, 6.07) is 0.0545. The van der Waals surface area contributed by atoms with Crippen LogP contribution in [0.3, 0.4) is 0 Å². The standard InChI is InChI=1S/C11H21NO2/c1-11(7-3-2-4-8-11)9(12)5-6-10(13)14/h9H,2-8,12H2,1H3,(H,13,14). The number of carboxylic acid groups (broad SMARTS) is 1. The summed E-state index contributed by atoms with van der Waals surface area (Å²) in [5.74, 6) is -0.736. The predicted molar refractivity (Wildman–Crippen MR) is 56.0 cm³/mol. The molecule has 0 saturated heterocycles. The van der Waals surface area contributed by atoms with Crippen molar-refractivity contribution in [2.24, 2.45) is 11.1 Å².